The van der Waals surface area contributed by atoms with Gasteiger partial charge in [-0.1, -0.05) is 60.7 Å². The molecule has 1 heteroatoms. The van der Waals surface area contributed by atoms with Crippen LogP contribution in [-0.2, 0) is 4.74 Å². The quantitative estimate of drug-likeness (QED) is 0.774. The highest BCUT2D eigenvalue weighted by Crippen LogP contribution is 2.46. The van der Waals surface area contributed by atoms with Gasteiger partial charge in [0, 0.05) is 19.6 Å². The molecule has 0 bridgehead atoms. The van der Waals surface area contributed by atoms with E-state index in [1.54, 1.807) is 7.11 Å². The summed E-state index contributed by atoms with van der Waals surface area (Å²) in [6.07, 6.45) is 2.56. The molecule has 1 saturated carbocycles. The molecule has 2 aromatic rings. The molecule has 1 nitrogen and oxygen atoms in total. The minimum Gasteiger partial charge on any atom is -0.384 e. The molecule has 0 spiro atoms. The van der Waals surface area contributed by atoms with Crippen LogP contribution in [0.1, 0.15) is 29.9 Å². The normalized spacial score (nSPS) is 21.7. The minimum atomic E-state index is 0.533. The molecule has 0 radical (unpaired) electrons. The Bertz CT molecular complexity index is 474. The van der Waals surface area contributed by atoms with Crippen molar-refractivity contribution in [1.29, 1.82) is 0 Å². The second-order valence-electron chi connectivity index (χ2n) is 5.85. The third kappa shape index (κ3) is 2.78. The van der Waals surface area contributed by atoms with E-state index in [0.717, 1.165) is 18.4 Å². The van der Waals surface area contributed by atoms with Gasteiger partial charge in [-0.2, -0.15) is 0 Å². The van der Waals surface area contributed by atoms with Crippen LogP contribution >= 0.6 is 0 Å². The summed E-state index contributed by atoms with van der Waals surface area (Å²) in [6, 6.07) is 21.9. The SMILES string of the molecule is COCC1CC(C(c2ccccc2)c2ccccc2)C1. The summed E-state index contributed by atoms with van der Waals surface area (Å²) in [6.45, 7) is 0.910. The number of ether oxygens (including phenoxy) is 1. The topological polar surface area (TPSA) is 9.23 Å². The number of rotatable bonds is 5. The lowest BCUT2D eigenvalue weighted by Gasteiger charge is -2.40. The molecule has 2 aromatic carbocycles. The molecule has 0 amide bonds. The highest BCUT2D eigenvalue weighted by atomic mass is 16.5. The predicted molar refractivity (Wildman–Crippen MR) is 82.8 cm³/mol. The molecular weight excluding hydrogens is 244 g/mol. The summed E-state index contributed by atoms with van der Waals surface area (Å²) in [7, 11) is 1.80. The molecule has 0 aliphatic heterocycles. The van der Waals surface area contributed by atoms with E-state index >= 15 is 0 Å². The fraction of sp³-hybridized carbons (Fsp3) is 0.368. The van der Waals surface area contributed by atoms with Crippen LogP contribution in [0.5, 0.6) is 0 Å². The highest BCUT2D eigenvalue weighted by molar-refractivity contribution is 5.33. The molecular formula is C19H22O. The summed E-state index contributed by atoms with van der Waals surface area (Å²) >= 11 is 0. The number of benzene rings is 2. The van der Waals surface area contributed by atoms with Gasteiger partial charge in [-0.3, -0.25) is 0 Å². The van der Waals surface area contributed by atoms with Crippen LogP contribution < -0.4 is 0 Å². The van der Waals surface area contributed by atoms with Crippen LogP contribution in [0.2, 0.25) is 0 Å². The van der Waals surface area contributed by atoms with Gasteiger partial charge in [-0.15, -0.1) is 0 Å². The Labute approximate surface area is 121 Å². The molecule has 20 heavy (non-hydrogen) atoms. The zero-order chi connectivity index (χ0) is 13.8. The second-order valence-corrected chi connectivity index (χ2v) is 5.85. The van der Waals surface area contributed by atoms with Gasteiger partial charge in [-0.25, -0.2) is 0 Å². The van der Waals surface area contributed by atoms with Crippen LogP contribution in [0.15, 0.2) is 60.7 Å². The van der Waals surface area contributed by atoms with Gasteiger partial charge in [0.25, 0.3) is 0 Å². The molecule has 0 atom stereocenters. The highest BCUT2D eigenvalue weighted by Gasteiger charge is 2.36. The van der Waals surface area contributed by atoms with Crippen molar-refractivity contribution in [3.05, 3.63) is 71.8 Å². The first kappa shape index (κ1) is 13.4. The Morgan fingerprint density at radius 2 is 1.40 bits per heavy atom. The molecule has 0 heterocycles. The van der Waals surface area contributed by atoms with E-state index in [1.165, 1.54) is 24.0 Å². The van der Waals surface area contributed by atoms with Crippen molar-refractivity contribution in [2.24, 2.45) is 11.8 Å². The summed E-state index contributed by atoms with van der Waals surface area (Å²) < 4.78 is 5.29. The van der Waals surface area contributed by atoms with Crippen LogP contribution in [0, 0.1) is 11.8 Å². The molecule has 1 fully saturated rings. The van der Waals surface area contributed by atoms with Crippen molar-refractivity contribution in [3.63, 3.8) is 0 Å². The van der Waals surface area contributed by atoms with Gasteiger partial charge >= 0.3 is 0 Å². The fourth-order valence-corrected chi connectivity index (χ4v) is 3.49. The molecule has 0 saturated heterocycles. The maximum atomic E-state index is 5.29. The van der Waals surface area contributed by atoms with Crippen LogP contribution in [0.3, 0.4) is 0 Å². The third-order valence-electron chi connectivity index (χ3n) is 4.46. The largest absolute Gasteiger partial charge is 0.384 e. The summed E-state index contributed by atoms with van der Waals surface area (Å²) in [4.78, 5) is 0. The Kier molecular flexibility index (Phi) is 4.17. The van der Waals surface area contributed by atoms with Crippen molar-refractivity contribution in [3.8, 4) is 0 Å². The van der Waals surface area contributed by atoms with Gasteiger partial charge in [0.15, 0.2) is 0 Å². The van der Waals surface area contributed by atoms with E-state index in [0.29, 0.717) is 5.92 Å². The average Bonchev–Trinajstić information content (AvgIpc) is 2.47. The Balaban J connectivity index is 1.83. The molecule has 104 valence electrons. The summed E-state index contributed by atoms with van der Waals surface area (Å²) in [5.74, 6) is 2.03. The summed E-state index contributed by atoms with van der Waals surface area (Å²) in [5.41, 5.74) is 2.89. The number of methoxy groups -OCH3 is 1. The lowest BCUT2D eigenvalue weighted by atomic mass is 9.65. The number of hydrogen-bond donors (Lipinski definition) is 0. The van der Waals surface area contributed by atoms with Crippen molar-refractivity contribution in [2.75, 3.05) is 13.7 Å². The molecule has 0 unspecified atom stereocenters. The lowest BCUT2D eigenvalue weighted by molar-refractivity contribution is 0.0671. The fourth-order valence-electron chi connectivity index (χ4n) is 3.49. The predicted octanol–water partition coefficient (Wildman–Crippen LogP) is 4.49. The van der Waals surface area contributed by atoms with Crippen molar-refractivity contribution in [1.82, 2.24) is 0 Å². The zero-order valence-electron chi connectivity index (χ0n) is 12.0. The molecule has 0 aromatic heterocycles. The summed E-state index contributed by atoms with van der Waals surface area (Å²) in [5, 5.41) is 0. The van der Waals surface area contributed by atoms with E-state index < -0.39 is 0 Å². The minimum absolute atomic E-state index is 0.533. The first-order chi connectivity index (χ1) is 9.88. The standard InChI is InChI=1S/C19H22O/c1-20-14-15-12-18(13-15)19(16-8-4-2-5-9-16)17-10-6-3-7-11-17/h2-11,15,18-19H,12-14H2,1H3. The van der Waals surface area contributed by atoms with E-state index in [-0.39, 0.29) is 0 Å². The van der Waals surface area contributed by atoms with Gasteiger partial charge in [0.05, 0.1) is 0 Å². The van der Waals surface area contributed by atoms with E-state index in [2.05, 4.69) is 60.7 Å². The van der Waals surface area contributed by atoms with Gasteiger partial charge < -0.3 is 4.74 Å². The first-order valence-electron chi connectivity index (χ1n) is 7.47. The van der Waals surface area contributed by atoms with Gasteiger partial charge in [0.2, 0.25) is 0 Å². The average molecular weight is 266 g/mol. The van der Waals surface area contributed by atoms with Crippen LogP contribution in [-0.4, -0.2) is 13.7 Å². The Morgan fingerprint density at radius 1 is 0.900 bits per heavy atom. The smallest absolute Gasteiger partial charge is 0.0490 e. The third-order valence-corrected chi connectivity index (χ3v) is 4.46. The van der Waals surface area contributed by atoms with Crippen LogP contribution in [0.4, 0.5) is 0 Å². The molecule has 1 aliphatic rings. The van der Waals surface area contributed by atoms with E-state index in [1.807, 2.05) is 0 Å². The van der Waals surface area contributed by atoms with Gasteiger partial charge in [0.1, 0.15) is 0 Å². The van der Waals surface area contributed by atoms with E-state index in [9.17, 15) is 0 Å². The van der Waals surface area contributed by atoms with Crippen molar-refractivity contribution >= 4 is 0 Å². The zero-order valence-corrected chi connectivity index (χ0v) is 12.0. The first-order valence-corrected chi connectivity index (χ1v) is 7.47. The molecule has 1 aliphatic carbocycles. The Hall–Kier alpha value is -1.60. The molecule has 0 N–H and O–H groups in total. The van der Waals surface area contributed by atoms with Crippen molar-refractivity contribution < 1.29 is 4.74 Å². The monoisotopic (exact) mass is 266 g/mol. The Morgan fingerprint density at radius 3 is 1.85 bits per heavy atom. The molecule has 3 rings (SSSR count). The van der Waals surface area contributed by atoms with Gasteiger partial charge in [-0.05, 0) is 35.8 Å². The maximum Gasteiger partial charge on any atom is 0.0490 e. The van der Waals surface area contributed by atoms with Crippen LogP contribution in [0.25, 0.3) is 0 Å². The van der Waals surface area contributed by atoms with E-state index in [4.69, 9.17) is 4.74 Å². The number of hydrogen-bond acceptors (Lipinski definition) is 1. The van der Waals surface area contributed by atoms with Crippen molar-refractivity contribution in [2.45, 2.75) is 18.8 Å². The maximum absolute atomic E-state index is 5.29. The second kappa shape index (κ2) is 6.23. The lowest BCUT2D eigenvalue weighted by Crippen LogP contribution is -2.32.